The van der Waals surface area contributed by atoms with Gasteiger partial charge in [-0.15, -0.1) is 0 Å². The maximum Gasteiger partial charge on any atom is 0.265 e. The van der Waals surface area contributed by atoms with Gasteiger partial charge in [-0.3, -0.25) is 4.79 Å². The van der Waals surface area contributed by atoms with Gasteiger partial charge in [-0.1, -0.05) is 19.1 Å². The highest BCUT2D eigenvalue weighted by molar-refractivity contribution is 5.97. The molecule has 2 rings (SSSR count). The summed E-state index contributed by atoms with van der Waals surface area (Å²) in [6.07, 6.45) is 0.357. The predicted octanol–water partition coefficient (Wildman–Crippen LogP) is 1.80. The third-order valence-corrected chi connectivity index (χ3v) is 2.08. The van der Waals surface area contributed by atoms with E-state index in [9.17, 15) is 4.79 Å². The first kappa shape index (κ1) is 8.10. The maximum atomic E-state index is 11.4. The number of nitrogens with one attached hydrogen (secondary N) is 1. The molecule has 0 bridgehead atoms. The third-order valence-electron chi connectivity index (χ3n) is 2.08. The first-order valence-electron chi connectivity index (χ1n) is 4.38. The number of anilines is 1. The standard InChI is InChI=1S/C10H11NO2/c1-2-8-10(12)11-7-5-3-4-6-9(7)13-8/h3-6,8H,2H2,1H3,(H,11,12). The normalized spacial score (nSPS) is 20.1. The van der Waals surface area contributed by atoms with Gasteiger partial charge in [0.25, 0.3) is 5.91 Å². The predicted molar refractivity (Wildman–Crippen MR) is 49.8 cm³/mol. The van der Waals surface area contributed by atoms with E-state index in [1.165, 1.54) is 0 Å². The number of carbonyl (C=O) groups is 1. The molecule has 1 aromatic carbocycles. The van der Waals surface area contributed by atoms with Crippen molar-refractivity contribution < 1.29 is 9.53 Å². The molecule has 13 heavy (non-hydrogen) atoms. The van der Waals surface area contributed by atoms with Crippen molar-refractivity contribution >= 4 is 11.6 Å². The number of amides is 1. The van der Waals surface area contributed by atoms with E-state index in [1.807, 2.05) is 31.2 Å². The maximum absolute atomic E-state index is 11.4. The molecule has 3 nitrogen and oxygen atoms in total. The van der Waals surface area contributed by atoms with Crippen LogP contribution in [0.3, 0.4) is 0 Å². The summed E-state index contributed by atoms with van der Waals surface area (Å²) in [4.78, 5) is 11.4. The summed E-state index contributed by atoms with van der Waals surface area (Å²) in [6, 6.07) is 7.45. The molecule has 0 fully saturated rings. The van der Waals surface area contributed by atoms with Crippen LogP contribution in [0.1, 0.15) is 13.3 Å². The number of hydrogen-bond donors (Lipinski definition) is 1. The van der Waals surface area contributed by atoms with Crippen molar-refractivity contribution in [3.8, 4) is 5.75 Å². The fourth-order valence-electron chi connectivity index (χ4n) is 1.36. The van der Waals surface area contributed by atoms with Gasteiger partial charge in [0.15, 0.2) is 6.10 Å². The Morgan fingerprint density at radius 1 is 1.46 bits per heavy atom. The van der Waals surface area contributed by atoms with Gasteiger partial charge >= 0.3 is 0 Å². The van der Waals surface area contributed by atoms with E-state index >= 15 is 0 Å². The Labute approximate surface area is 76.7 Å². The highest BCUT2D eigenvalue weighted by atomic mass is 16.5. The molecule has 1 N–H and O–H groups in total. The van der Waals surface area contributed by atoms with Crippen molar-refractivity contribution in [2.45, 2.75) is 19.4 Å². The number of benzene rings is 1. The Kier molecular flexibility index (Phi) is 1.93. The Morgan fingerprint density at radius 2 is 2.23 bits per heavy atom. The van der Waals surface area contributed by atoms with Gasteiger partial charge in [0, 0.05) is 0 Å². The molecule has 1 amide bonds. The summed E-state index contributed by atoms with van der Waals surface area (Å²) in [6.45, 7) is 1.93. The van der Waals surface area contributed by atoms with E-state index < -0.39 is 0 Å². The Hall–Kier alpha value is -1.51. The van der Waals surface area contributed by atoms with Crippen molar-refractivity contribution in [2.24, 2.45) is 0 Å². The van der Waals surface area contributed by atoms with E-state index in [4.69, 9.17) is 4.74 Å². The lowest BCUT2D eigenvalue weighted by molar-refractivity contribution is -0.123. The molecule has 1 unspecified atom stereocenters. The smallest absolute Gasteiger partial charge is 0.265 e. The topological polar surface area (TPSA) is 38.3 Å². The fourth-order valence-corrected chi connectivity index (χ4v) is 1.36. The minimum Gasteiger partial charge on any atom is -0.478 e. The van der Waals surface area contributed by atoms with Crippen LogP contribution in [0, 0.1) is 0 Å². The van der Waals surface area contributed by atoms with E-state index in [0.717, 1.165) is 11.4 Å². The Morgan fingerprint density at radius 3 is 3.00 bits per heavy atom. The van der Waals surface area contributed by atoms with Crippen LogP contribution in [0.5, 0.6) is 5.75 Å². The first-order valence-corrected chi connectivity index (χ1v) is 4.38. The van der Waals surface area contributed by atoms with Crippen molar-refractivity contribution in [3.05, 3.63) is 24.3 Å². The van der Waals surface area contributed by atoms with Gasteiger partial charge in [0.05, 0.1) is 5.69 Å². The van der Waals surface area contributed by atoms with Gasteiger partial charge in [-0.2, -0.15) is 0 Å². The van der Waals surface area contributed by atoms with Crippen molar-refractivity contribution in [1.29, 1.82) is 0 Å². The highest BCUT2D eigenvalue weighted by Crippen LogP contribution is 2.29. The van der Waals surface area contributed by atoms with Crippen LogP contribution in [0.25, 0.3) is 0 Å². The Bertz CT molecular complexity index is 335. The van der Waals surface area contributed by atoms with Crippen molar-refractivity contribution in [3.63, 3.8) is 0 Å². The lowest BCUT2D eigenvalue weighted by atomic mass is 10.2. The van der Waals surface area contributed by atoms with Crippen molar-refractivity contribution in [2.75, 3.05) is 5.32 Å². The van der Waals surface area contributed by atoms with Gasteiger partial charge in [0.2, 0.25) is 0 Å². The van der Waals surface area contributed by atoms with Crippen LogP contribution in [-0.4, -0.2) is 12.0 Å². The summed E-state index contributed by atoms with van der Waals surface area (Å²) in [5, 5.41) is 2.80. The molecule has 0 aliphatic carbocycles. The quantitative estimate of drug-likeness (QED) is 0.710. The molecular formula is C10H11NO2. The summed E-state index contributed by atoms with van der Waals surface area (Å²) in [5.41, 5.74) is 0.761. The molecule has 0 saturated heterocycles. The minimum atomic E-state index is -0.338. The molecule has 1 atom stereocenters. The third kappa shape index (κ3) is 1.37. The van der Waals surface area contributed by atoms with Crippen LogP contribution < -0.4 is 10.1 Å². The lowest BCUT2D eigenvalue weighted by Gasteiger charge is -2.24. The highest BCUT2D eigenvalue weighted by Gasteiger charge is 2.25. The van der Waals surface area contributed by atoms with E-state index in [1.54, 1.807) is 0 Å². The molecule has 0 spiro atoms. The van der Waals surface area contributed by atoms with Crippen LogP contribution >= 0.6 is 0 Å². The second-order valence-corrected chi connectivity index (χ2v) is 3.00. The molecule has 1 aliphatic rings. The minimum absolute atomic E-state index is 0.0544. The zero-order valence-electron chi connectivity index (χ0n) is 7.41. The molecule has 0 saturated carbocycles. The zero-order valence-corrected chi connectivity index (χ0v) is 7.41. The zero-order chi connectivity index (χ0) is 9.26. The second-order valence-electron chi connectivity index (χ2n) is 3.00. The molecule has 68 valence electrons. The summed E-state index contributed by atoms with van der Waals surface area (Å²) < 4.78 is 5.48. The van der Waals surface area contributed by atoms with E-state index in [-0.39, 0.29) is 12.0 Å². The van der Waals surface area contributed by atoms with Gasteiger partial charge in [-0.25, -0.2) is 0 Å². The number of hydrogen-bond acceptors (Lipinski definition) is 2. The monoisotopic (exact) mass is 177 g/mol. The molecule has 3 heteroatoms. The van der Waals surface area contributed by atoms with E-state index in [2.05, 4.69) is 5.32 Å². The number of para-hydroxylation sites is 2. The van der Waals surface area contributed by atoms with Gasteiger partial charge in [0.1, 0.15) is 5.75 Å². The Balaban J connectivity index is 2.33. The molecule has 1 aromatic rings. The summed E-state index contributed by atoms with van der Waals surface area (Å²) in [5.74, 6) is 0.704. The lowest BCUT2D eigenvalue weighted by Crippen LogP contribution is -2.36. The van der Waals surface area contributed by atoms with Crippen LogP contribution in [0.2, 0.25) is 0 Å². The van der Waals surface area contributed by atoms with Crippen LogP contribution in [-0.2, 0) is 4.79 Å². The van der Waals surface area contributed by atoms with Gasteiger partial charge in [-0.05, 0) is 18.6 Å². The molecule has 0 radical (unpaired) electrons. The van der Waals surface area contributed by atoms with Crippen molar-refractivity contribution in [1.82, 2.24) is 0 Å². The summed E-state index contributed by atoms with van der Waals surface area (Å²) in [7, 11) is 0. The second kappa shape index (κ2) is 3.09. The SMILES string of the molecule is CCC1Oc2ccccc2NC1=O. The average Bonchev–Trinajstić information content (AvgIpc) is 2.17. The molecular weight excluding hydrogens is 166 g/mol. The summed E-state index contributed by atoms with van der Waals surface area (Å²) >= 11 is 0. The molecule has 1 aliphatic heterocycles. The van der Waals surface area contributed by atoms with Crippen LogP contribution in [0.15, 0.2) is 24.3 Å². The first-order chi connectivity index (χ1) is 6.31. The van der Waals surface area contributed by atoms with Crippen LogP contribution in [0.4, 0.5) is 5.69 Å². The average molecular weight is 177 g/mol. The largest absolute Gasteiger partial charge is 0.478 e. The fraction of sp³-hybridized carbons (Fsp3) is 0.300. The number of fused-ring (bicyclic) bond motifs is 1. The van der Waals surface area contributed by atoms with E-state index in [0.29, 0.717) is 6.42 Å². The number of rotatable bonds is 1. The molecule has 0 aromatic heterocycles. The van der Waals surface area contributed by atoms with Gasteiger partial charge < -0.3 is 10.1 Å². The molecule has 1 heterocycles. The number of ether oxygens (including phenoxy) is 1. The number of carbonyl (C=O) groups excluding carboxylic acids is 1.